The molecule has 2 aromatic heterocycles. The molecule has 1 aliphatic heterocycles. The van der Waals surface area contributed by atoms with E-state index in [4.69, 9.17) is 4.98 Å². The van der Waals surface area contributed by atoms with E-state index < -0.39 is 0 Å². The molecule has 5 heteroatoms. The van der Waals surface area contributed by atoms with E-state index in [1.807, 2.05) is 0 Å². The van der Waals surface area contributed by atoms with Crippen LogP contribution in [0.4, 0.5) is 0 Å². The number of nitrogens with one attached hydrogen (secondary N) is 2. The van der Waals surface area contributed by atoms with Gasteiger partial charge in [0, 0.05) is 29.0 Å². The van der Waals surface area contributed by atoms with Crippen LogP contribution in [0.1, 0.15) is 49.7 Å². The predicted molar refractivity (Wildman–Crippen MR) is 109 cm³/mol. The van der Waals surface area contributed by atoms with E-state index in [1.165, 1.54) is 36.6 Å². The van der Waals surface area contributed by atoms with E-state index in [0.717, 1.165) is 28.7 Å². The first kappa shape index (κ1) is 16.5. The standard InChI is InChI=1S/C22H25N5/c1-15(16-5-2-3-6-16)19-11-18-9-10-27(22(18)23-13-19)20-8-4-7-17(12-20)21-24-14-25-26-21/h4,7-13,15-16,25H,2-3,5-6,14H2,1H3,(H,24,26). The molecule has 0 spiro atoms. The van der Waals surface area contributed by atoms with Crippen LogP contribution < -0.4 is 10.9 Å². The highest BCUT2D eigenvalue weighted by Crippen LogP contribution is 2.37. The maximum absolute atomic E-state index is 4.84. The van der Waals surface area contributed by atoms with Crippen molar-refractivity contribution in [2.45, 2.75) is 38.5 Å². The van der Waals surface area contributed by atoms with Gasteiger partial charge in [0.2, 0.25) is 0 Å². The van der Waals surface area contributed by atoms with Crippen molar-refractivity contribution in [2.24, 2.45) is 10.9 Å². The summed E-state index contributed by atoms with van der Waals surface area (Å²) in [6, 6.07) is 12.9. The van der Waals surface area contributed by atoms with Crippen LogP contribution in [0.5, 0.6) is 0 Å². The summed E-state index contributed by atoms with van der Waals surface area (Å²) in [5, 5.41) is 1.21. The second-order valence-corrected chi connectivity index (χ2v) is 7.72. The van der Waals surface area contributed by atoms with Crippen LogP contribution in [-0.4, -0.2) is 22.1 Å². The second-order valence-electron chi connectivity index (χ2n) is 7.72. The minimum Gasteiger partial charge on any atom is -0.304 e. The molecule has 1 saturated carbocycles. The number of fused-ring (bicyclic) bond motifs is 1. The Balaban J connectivity index is 1.49. The highest BCUT2D eigenvalue weighted by atomic mass is 15.5. The van der Waals surface area contributed by atoms with E-state index in [0.29, 0.717) is 12.6 Å². The molecule has 5 nitrogen and oxygen atoms in total. The lowest BCUT2D eigenvalue weighted by atomic mass is 9.87. The molecule has 0 amide bonds. The fraction of sp³-hybridized carbons (Fsp3) is 0.364. The monoisotopic (exact) mass is 359 g/mol. The van der Waals surface area contributed by atoms with Crippen molar-refractivity contribution in [2.75, 3.05) is 6.67 Å². The second kappa shape index (κ2) is 6.82. The highest BCUT2D eigenvalue weighted by molar-refractivity contribution is 5.99. The number of pyridine rings is 1. The molecule has 1 fully saturated rings. The molecule has 1 unspecified atom stereocenters. The van der Waals surface area contributed by atoms with E-state index >= 15 is 0 Å². The van der Waals surface area contributed by atoms with Gasteiger partial charge < -0.3 is 9.99 Å². The fourth-order valence-electron chi connectivity index (χ4n) is 4.48. The first-order chi connectivity index (χ1) is 13.3. The Labute approximate surface area is 159 Å². The number of benzene rings is 1. The van der Waals surface area contributed by atoms with Crippen LogP contribution in [0.25, 0.3) is 16.7 Å². The van der Waals surface area contributed by atoms with Crippen molar-refractivity contribution in [3.05, 3.63) is 59.9 Å². The Morgan fingerprint density at radius 1 is 1.15 bits per heavy atom. The van der Waals surface area contributed by atoms with E-state index in [1.54, 1.807) is 0 Å². The normalized spacial score (nSPS) is 18.6. The highest BCUT2D eigenvalue weighted by Gasteiger charge is 2.23. The molecule has 1 aromatic carbocycles. The van der Waals surface area contributed by atoms with Crippen molar-refractivity contribution >= 4 is 16.9 Å². The van der Waals surface area contributed by atoms with Crippen molar-refractivity contribution in [1.29, 1.82) is 0 Å². The van der Waals surface area contributed by atoms with E-state index in [9.17, 15) is 0 Å². The summed E-state index contributed by atoms with van der Waals surface area (Å²) in [6.45, 7) is 2.97. The lowest BCUT2D eigenvalue weighted by Gasteiger charge is -2.19. The Hall–Kier alpha value is -2.66. The topological polar surface area (TPSA) is 54.2 Å². The van der Waals surface area contributed by atoms with Gasteiger partial charge >= 0.3 is 0 Å². The molecule has 1 aliphatic carbocycles. The summed E-state index contributed by atoms with van der Waals surface area (Å²) in [7, 11) is 0. The maximum atomic E-state index is 4.84. The third kappa shape index (κ3) is 3.02. The molecule has 0 saturated heterocycles. The van der Waals surface area contributed by atoms with Gasteiger partial charge in [-0.25, -0.2) is 15.4 Å². The average molecular weight is 359 g/mol. The van der Waals surface area contributed by atoms with Crippen LogP contribution in [0.2, 0.25) is 0 Å². The average Bonchev–Trinajstić information content (AvgIpc) is 3.48. The first-order valence-electron chi connectivity index (χ1n) is 9.91. The van der Waals surface area contributed by atoms with E-state index in [2.05, 4.69) is 76.1 Å². The minimum absolute atomic E-state index is 0.593. The van der Waals surface area contributed by atoms with Crippen LogP contribution >= 0.6 is 0 Å². The van der Waals surface area contributed by atoms with Crippen LogP contribution in [0.15, 0.2) is 53.8 Å². The van der Waals surface area contributed by atoms with Crippen molar-refractivity contribution in [3.63, 3.8) is 0 Å². The molecule has 3 aromatic rings. The summed E-state index contributed by atoms with van der Waals surface area (Å²) >= 11 is 0. The van der Waals surface area contributed by atoms with Gasteiger partial charge in [-0.15, -0.1) is 0 Å². The lowest BCUT2D eigenvalue weighted by molar-refractivity contribution is 0.460. The number of aliphatic imine (C=N–C) groups is 1. The SMILES string of the molecule is CC(c1cnc2c(ccn2-c2cccc(C3=NCNN3)c2)c1)C1CCCC1. The van der Waals surface area contributed by atoms with Gasteiger partial charge in [0.15, 0.2) is 0 Å². The van der Waals surface area contributed by atoms with Gasteiger partial charge in [0.05, 0.1) is 0 Å². The van der Waals surface area contributed by atoms with Crippen molar-refractivity contribution in [3.8, 4) is 5.69 Å². The predicted octanol–water partition coefficient (Wildman–Crippen LogP) is 4.13. The van der Waals surface area contributed by atoms with Crippen LogP contribution in [0.3, 0.4) is 0 Å². The Kier molecular flexibility index (Phi) is 4.17. The summed E-state index contributed by atoms with van der Waals surface area (Å²) in [4.78, 5) is 9.27. The van der Waals surface area contributed by atoms with Crippen LogP contribution in [0, 0.1) is 5.92 Å². The molecule has 3 heterocycles. The number of aromatic nitrogens is 2. The lowest BCUT2D eigenvalue weighted by Crippen LogP contribution is -2.30. The Morgan fingerprint density at radius 2 is 2.04 bits per heavy atom. The van der Waals surface area contributed by atoms with Crippen molar-refractivity contribution in [1.82, 2.24) is 20.4 Å². The molecule has 27 heavy (non-hydrogen) atoms. The first-order valence-corrected chi connectivity index (χ1v) is 9.91. The smallest absolute Gasteiger partial charge is 0.144 e. The number of hydrogen-bond donors (Lipinski definition) is 2. The van der Waals surface area contributed by atoms with Gasteiger partial charge in [-0.3, -0.25) is 0 Å². The molecule has 2 aliphatic rings. The van der Waals surface area contributed by atoms with Gasteiger partial charge in [-0.1, -0.05) is 31.9 Å². The van der Waals surface area contributed by atoms with Gasteiger partial charge in [-0.2, -0.15) is 0 Å². The summed E-state index contributed by atoms with van der Waals surface area (Å²) in [6.07, 6.45) is 9.68. The van der Waals surface area contributed by atoms with Gasteiger partial charge in [0.25, 0.3) is 0 Å². The maximum Gasteiger partial charge on any atom is 0.144 e. The third-order valence-electron chi connectivity index (χ3n) is 6.10. The Bertz CT molecular complexity index is 997. The van der Waals surface area contributed by atoms with E-state index in [-0.39, 0.29) is 0 Å². The zero-order valence-electron chi connectivity index (χ0n) is 15.7. The van der Waals surface area contributed by atoms with Crippen molar-refractivity contribution < 1.29 is 0 Å². The molecule has 1 atom stereocenters. The molecule has 0 bridgehead atoms. The molecule has 138 valence electrons. The quantitative estimate of drug-likeness (QED) is 0.736. The number of amidine groups is 1. The van der Waals surface area contributed by atoms with Gasteiger partial charge in [-0.05, 0) is 54.5 Å². The number of hydrogen-bond acceptors (Lipinski definition) is 4. The number of hydrazine groups is 1. The molecular weight excluding hydrogens is 334 g/mol. The summed E-state index contributed by atoms with van der Waals surface area (Å²) in [5.41, 5.74) is 10.7. The molecule has 2 N–H and O–H groups in total. The summed E-state index contributed by atoms with van der Waals surface area (Å²) < 4.78 is 2.16. The molecule has 5 rings (SSSR count). The van der Waals surface area contributed by atoms with Gasteiger partial charge in [0.1, 0.15) is 18.2 Å². The minimum atomic E-state index is 0.593. The zero-order chi connectivity index (χ0) is 18.2. The Morgan fingerprint density at radius 3 is 2.85 bits per heavy atom. The van der Waals surface area contributed by atoms with Crippen LogP contribution in [-0.2, 0) is 0 Å². The number of nitrogens with zero attached hydrogens (tertiary/aromatic N) is 3. The molecule has 0 radical (unpaired) electrons. The number of rotatable bonds is 4. The molecular formula is C22H25N5. The summed E-state index contributed by atoms with van der Waals surface area (Å²) in [5.74, 6) is 2.29. The largest absolute Gasteiger partial charge is 0.304 e. The fourth-order valence-corrected chi connectivity index (χ4v) is 4.48. The third-order valence-corrected chi connectivity index (χ3v) is 6.10. The zero-order valence-corrected chi connectivity index (χ0v) is 15.7.